The van der Waals surface area contributed by atoms with E-state index in [0.29, 0.717) is 0 Å². The van der Waals surface area contributed by atoms with E-state index >= 15 is 0 Å². The average molecular weight is 253 g/mol. The van der Waals surface area contributed by atoms with Gasteiger partial charge >= 0.3 is 0 Å². The van der Waals surface area contributed by atoms with E-state index in [1.54, 1.807) is 12.7 Å². The number of hydrogen-bond donors (Lipinski definition) is 1. The van der Waals surface area contributed by atoms with Crippen molar-refractivity contribution in [2.75, 3.05) is 26.8 Å². The molecule has 18 heavy (non-hydrogen) atoms. The monoisotopic (exact) mass is 253 g/mol. The number of rotatable bonds is 7. The Bertz CT molecular complexity index is 249. The van der Waals surface area contributed by atoms with Crippen molar-refractivity contribution >= 4 is 0 Å². The van der Waals surface area contributed by atoms with Crippen molar-refractivity contribution in [1.29, 1.82) is 0 Å². The van der Waals surface area contributed by atoms with E-state index in [9.17, 15) is 0 Å². The number of nitrogens with one attached hydrogen (secondary N) is 1. The Balaban J connectivity index is 2.20. The Morgan fingerprint density at radius 1 is 1.22 bits per heavy atom. The van der Waals surface area contributed by atoms with Gasteiger partial charge < -0.3 is 10.1 Å². The Hall–Kier alpha value is -0.340. The SMILES string of the molecule is COCCNCCC=C(C)C1CCC(C)C(C)C1. The zero-order valence-corrected chi connectivity index (χ0v) is 12.7. The molecule has 1 rings (SSSR count). The van der Waals surface area contributed by atoms with Gasteiger partial charge in [0, 0.05) is 13.7 Å². The minimum absolute atomic E-state index is 0.806. The molecule has 1 aliphatic rings. The molecule has 2 nitrogen and oxygen atoms in total. The van der Waals surface area contributed by atoms with E-state index in [0.717, 1.165) is 43.9 Å². The average Bonchev–Trinajstić information content (AvgIpc) is 2.36. The summed E-state index contributed by atoms with van der Waals surface area (Å²) in [6.45, 7) is 9.97. The zero-order valence-electron chi connectivity index (χ0n) is 12.7. The molecule has 1 aliphatic carbocycles. The van der Waals surface area contributed by atoms with Crippen molar-refractivity contribution in [3.8, 4) is 0 Å². The largest absolute Gasteiger partial charge is 0.383 e. The Morgan fingerprint density at radius 3 is 2.67 bits per heavy atom. The second-order valence-corrected chi connectivity index (χ2v) is 5.94. The molecule has 0 bridgehead atoms. The van der Waals surface area contributed by atoms with Crippen LogP contribution in [0.1, 0.15) is 46.5 Å². The Morgan fingerprint density at radius 2 is 2.00 bits per heavy atom. The first-order valence-corrected chi connectivity index (χ1v) is 7.51. The van der Waals surface area contributed by atoms with Crippen LogP contribution in [0.4, 0.5) is 0 Å². The van der Waals surface area contributed by atoms with Crippen molar-refractivity contribution in [2.24, 2.45) is 17.8 Å². The second-order valence-electron chi connectivity index (χ2n) is 5.94. The summed E-state index contributed by atoms with van der Waals surface area (Å²) in [6.07, 6.45) is 7.78. The third-order valence-corrected chi connectivity index (χ3v) is 4.51. The minimum Gasteiger partial charge on any atom is -0.383 e. The van der Waals surface area contributed by atoms with Crippen LogP contribution < -0.4 is 5.32 Å². The first-order valence-electron chi connectivity index (χ1n) is 7.51. The predicted octanol–water partition coefficient (Wildman–Crippen LogP) is 3.63. The normalized spacial score (nSPS) is 29.6. The summed E-state index contributed by atoms with van der Waals surface area (Å²) in [5.41, 5.74) is 1.61. The van der Waals surface area contributed by atoms with Gasteiger partial charge in [-0.1, -0.05) is 25.5 Å². The van der Waals surface area contributed by atoms with Gasteiger partial charge in [0.15, 0.2) is 0 Å². The Labute approximate surface area is 113 Å². The van der Waals surface area contributed by atoms with Crippen LogP contribution >= 0.6 is 0 Å². The van der Waals surface area contributed by atoms with Crippen molar-refractivity contribution in [2.45, 2.75) is 46.5 Å². The van der Waals surface area contributed by atoms with Crippen molar-refractivity contribution in [1.82, 2.24) is 5.32 Å². The maximum absolute atomic E-state index is 5.01. The van der Waals surface area contributed by atoms with Crippen LogP contribution in [0.5, 0.6) is 0 Å². The summed E-state index contributed by atoms with van der Waals surface area (Å²) in [4.78, 5) is 0. The van der Waals surface area contributed by atoms with E-state index in [4.69, 9.17) is 4.74 Å². The maximum atomic E-state index is 5.01. The molecule has 0 spiro atoms. The van der Waals surface area contributed by atoms with Gasteiger partial charge in [-0.2, -0.15) is 0 Å². The molecule has 0 aromatic carbocycles. The summed E-state index contributed by atoms with van der Waals surface area (Å²) >= 11 is 0. The fourth-order valence-electron chi connectivity index (χ4n) is 2.83. The molecule has 0 aromatic heterocycles. The van der Waals surface area contributed by atoms with Crippen LogP contribution in [0.2, 0.25) is 0 Å². The van der Waals surface area contributed by atoms with E-state index in [1.165, 1.54) is 19.3 Å². The molecular weight excluding hydrogens is 222 g/mol. The van der Waals surface area contributed by atoms with Crippen LogP contribution in [0.25, 0.3) is 0 Å². The summed E-state index contributed by atoms with van der Waals surface area (Å²) in [5, 5.41) is 3.39. The van der Waals surface area contributed by atoms with Gasteiger partial charge in [0.1, 0.15) is 0 Å². The van der Waals surface area contributed by atoms with Gasteiger partial charge in [-0.05, 0) is 56.9 Å². The molecule has 0 radical (unpaired) electrons. The quantitative estimate of drug-likeness (QED) is 0.552. The number of hydrogen-bond acceptors (Lipinski definition) is 2. The van der Waals surface area contributed by atoms with E-state index in [1.807, 2.05) is 0 Å². The molecule has 106 valence electrons. The maximum Gasteiger partial charge on any atom is 0.0587 e. The smallest absolute Gasteiger partial charge is 0.0587 e. The molecule has 0 aromatic rings. The highest BCUT2D eigenvalue weighted by Gasteiger charge is 2.24. The molecule has 0 aliphatic heterocycles. The van der Waals surface area contributed by atoms with Gasteiger partial charge in [0.25, 0.3) is 0 Å². The van der Waals surface area contributed by atoms with Crippen LogP contribution in [0.3, 0.4) is 0 Å². The number of methoxy groups -OCH3 is 1. The highest BCUT2D eigenvalue weighted by atomic mass is 16.5. The van der Waals surface area contributed by atoms with Crippen molar-refractivity contribution < 1.29 is 4.74 Å². The minimum atomic E-state index is 0.806. The van der Waals surface area contributed by atoms with Gasteiger partial charge in [-0.25, -0.2) is 0 Å². The van der Waals surface area contributed by atoms with Crippen LogP contribution in [-0.2, 0) is 4.74 Å². The molecule has 1 fully saturated rings. The van der Waals surface area contributed by atoms with Gasteiger partial charge in [0.2, 0.25) is 0 Å². The van der Waals surface area contributed by atoms with E-state index in [2.05, 4.69) is 32.2 Å². The molecular formula is C16H31NO. The molecule has 0 amide bonds. The summed E-state index contributed by atoms with van der Waals surface area (Å²) in [5.74, 6) is 2.66. The first-order chi connectivity index (χ1) is 8.65. The fourth-order valence-corrected chi connectivity index (χ4v) is 2.83. The summed E-state index contributed by atoms with van der Waals surface area (Å²) in [6, 6.07) is 0. The van der Waals surface area contributed by atoms with Gasteiger partial charge in [-0.3, -0.25) is 0 Å². The molecule has 3 unspecified atom stereocenters. The van der Waals surface area contributed by atoms with Crippen LogP contribution in [-0.4, -0.2) is 26.8 Å². The van der Waals surface area contributed by atoms with Gasteiger partial charge in [0.05, 0.1) is 6.61 Å². The summed E-state index contributed by atoms with van der Waals surface area (Å²) in [7, 11) is 1.75. The van der Waals surface area contributed by atoms with E-state index in [-0.39, 0.29) is 0 Å². The van der Waals surface area contributed by atoms with Crippen molar-refractivity contribution in [3.05, 3.63) is 11.6 Å². The Kier molecular flexibility index (Phi) is 7.60. The number of ether oxygens (including phenoxy) is 1. The van der Waals surface area contributed by atoms with Crippen LogP contribution in [0.15, 0.2) is 11.6 Å². The highest BCUT2D eigenvalue weighted by Crippen LogP contribution is 2.36. The third-order valence-electron chi connectivity index (χ3n) is 4.51. The lowest BCUT2D eigenvalue weighted by molar-refractivity contribution is 0.199. The predicted molar refractivity (Wildman–Crippen MR) is 78.8 cm³/mol. The van der Waals surface area contributed by atoms with E-state index < -0.39 is 0 Å². The summed E-state index contributed by atoms with van der Waals surface area (Å²) < 4.78 is 5.01. The van der Waals surface area contributed by atoms with Crippen molar-refractivity contribution in [3.63, 3.8) is 0 Å². The van der Waals surface area contributed by atoms with Crippen LogP contribution in [0, 0.1) is 17.8 Å². The second kappa shape index (κ2) is 8.71. The number of allylic oxidation sites excluding steroid dienone is 1. The molecule has 0 heterocycles. The lowest BCUT2D eigenvalue weighted by atomic mass is 9.73. The lowest BCUT2D eigenvalue weighted by Crippen LogP contribution is -2.22. The highest BCUT2D eigenvalue weighted by molar-refractivity contribution is 5.05. The molecule has 1 saturated carbocycles. The topological polar surface area (TPSA) is 21.3 Å². The fraction of sp³-hybridized carbons (Fsp3) is 0.875. The molecule has 2 heteroatoms. The lowest BCUT2D eigenvalue weighted by Gasteiger charge is -2.32. The molecule has 0 saturated heterocycles. The first kappa shape index (κ1) is 15.7. The standard InChI is InChI=1S/C16H31NO/c1-13-7-8-16(12-15(13)3)14(2)6-5-9-17-10-11-18-4/h6,13,15-17H,5,7-12H2,1-4H3. The zero-order chi connectivity index (χ0) is 13.4. The van der Waals surface area contributed by atoms with Gasteiger partial charge in [-0.15, -0.1) is 0 Å². The molecule has 1 N–H and O–H groups in total. The third kappa shape index (κ3) is 5.53. The molecule has 3 atom stereocenters.